The van der Waals surface area contributed by atoms with Gasteiger partial charge in [0.15, 0.2) is 0 Å². The Morgan fingerprint density at radius 1 is 1.38 bits per heavy atom. The molecule has 0 amide bonds. The summed E-state index contributed by atoms with van der Waals surface area (Å²) in [5.41, 5.74) is 0. The molecule has 0 aromatic rings. The highest BCUT2D eigenvalue weighted by Gasteiger charge is 2.36. The van der Waals surface area contributed by atoms with Crippen LogP contribution in [0.2, 0.25) is 19.6 Å². The Labute approximate surface area is 108 Å². The summed E-state index contributed by atoms with van der Waals surface area (Å²) in [6.45, 7) is 8.63. The van der Waals surface area contributed by atoms with Crippen molar-refractivity contribution in [2.75, 3.05) is 11.5 Å². The van der Waals surface area contributed by atoms with Gasteiger partial charge < -0.3 is 4.43 Å². The van der Waals surface area contributed by atoms with Gasteiger partial charge in [-0.15, -0.1) is 23.5 Å². The summed E-state index contributed by atoms with van der Waals surface area (Å²) >= 11 is 3.79. The molecule has 5 heteroatoms. The van der Waals surface area contributed by atoms with Crippen molar-refractivity contribution >= 4 is 31.8 Å². The summed E-state index contributed by atoms with van der Waals surface area (Å²) in [5.74, 6) is 3.17. The third kappa shape index (κ3) is 4.08. The minimum Gasteiger partial charge on any atom is -0.545 e. The molecule has 0 aliphatic carbocycles. The summed E-state index contributed by atoms with van der Waals surface area (Å²) in [6, 6.07) is 2.12. The first-order chi connectivity index (χ1) is 7.37. The maximum atomic E-state index is 8.87. The summed E-state index contributed by atoms with van der Waals surface area (Å²) in [6.07, 6.45) is 2.83. The van der Waals surface area contributed by atoms with E-state index in [1.54, 1.807) is 6.08 Å². The van der Waals surface area contributed by atoms with E-state index in [9.17, 15) is 0 Å². The van der Waals surface area contributed by atoms with Crippen LogP contribution in [0, 0.1) is 11.3 Å². The van der Waals surface area contributed by atoms with Crippen molar-refractivity contribution in [3.63, 3.8) is 0 Å². The first-order valence-corrected chi connectivity index (χ1v) is 10.8. The van der Waals surface area contributed by atoms with E-state index in [0.29, 0.717) is 0 Å². The van der Waals surface area contributed by atoms with Crippen LogP contribution in [0.5, 0.6) is 0 Å². The predicted octanol–water partition coefficient (Wildman–Crippen LogP) is 3.83. The lowest BCUT2D eigenvalue weighted by Gasteiger charge is -2.37. The maximum absolute atomic E-state index is 8.87. The normalized spacial score (nSPS) is 21.3. The van der Waals surface area contributed by atoms with Gasteiger partial charge in [0.25, 0.3) is 0 Å². The largest absolute Gasteiger partial charge is 0.545 e. The van der Waals surface area contributed by atoms with E-state index >= 15 is 0 Å². The van der Waals surface area contributed by atoms with Gasteiger partial charge in [-0.05, 0) is 44.5 Å². The van der Waals surface area contributed by atoms with Crippen LogP contribution in [0.15, 0.2) is 11.8 Å². The van der Waals surface area contributed by atoms with Gasteiger partial charge in [0.05, 0.1) is 12.1 Å². The molecule has 0 bridgehead atoms. The highest BCUT2D eigenvalue weighted by molar-refractivity contribution is 8.19. The summed E-state index contributed by atoms with van der Waals surface area (Å²) in [7, 11) is -1.63. The van der Waals surface area contributed by atoms with Crippen molar-refractivity contribution in [1.82, 2.24) is 0 Å². The molecule has 2 nitrogen and oxygen atoms in total. The number of nitrogens with zero attached hydrogens (tertiary/aromatic N) is 1. The Morgan fingerprint density at radius 3 is 2.38 bits per heavy atom. The van der Waals surface area contributed by atoms with E-state index in [4.69, 9.17) is 9.69 Å². The molecule has 90 valence electrons. The van der Waals surface area contributed by atoms with Gasteiger partial charge in [-0.2, -0.15) is 5.26 Å². The van der Waals surface area contributed by atoms with Gasteiger partial charge in [0.2, 0.25) is 8.32 Å². The van der Waals surface area contributed by atoms with E-state index in [0.717, 1.165) is 17.3 Å². The van der Waals surface area contributed by atoms with Crippen LogP contribution in [0.4, 0.5) is 0 Å². The number of nitriles is 1. The molecule has 1 aliphatic rings. The van der Waals surface area contributed by atoms with Crippen molar-refractivity contribution < 1.29 is 4.43 Å². The predicted molar refractivity (Wildman–Crippen MR) is 76.1 cm³/mol. The van der Waals surface area contributed by atoms with E-state index < -0.39 is 8.32 Å². The second-order valence-electron chi connectivity index (χ2n) is 4.85. The average Bonchev–Trinajstić information content (AvgIpc) is 2.16. The third-order valence-electron chi connectivity index (χ3n) is 2.10. The van der Waals surface area contributed by atoms with Gasteiger partial charge in [-0.3, -0.25) is 0 Å². The van der Waals surface area contributed by atoms with E-state index in [-0.39, 0.29) is 4.08 Å². The zero-order chi connectivity index (χ0) is 12.2. The SMILES string of the molecule is CC1(C(=CC#N)O[Si](C)(C)C)SCCCS1. The van der Waals surface area contributed by atoms with Gasteiger partial charge in [-0.25, -0.2) is 0 Å². The fourth-order valence-electron chi connectivity index (χ4n) is 1.42. The smallest absolute Gasteiger partial charge is 0.241 e. The molecular weight excluding hydrogens is 254 g/mol. The lowest BCUT2D eigenvalue weighted by Crippen LogP contribution is -2.33. The molecule has 1 rings (SSSR count). The molecule has 0 atom stereocenters. The number of hydrogen-bond donors (Lipinski definition) is 0. The fourth-order valence-corrected chi connectivity index (χ4v) is 5.35. The Bertz CT molecular complexity index is 311. The van der Waals surface area contributed by atoms with Crippen LogP contribution in [0.3, 0.4) is 0 Å². The highest BCUT2D eigenvalue weighted by atomic mass is 32.2. The first kappa shape index (κ1) is 14.0. The summed E-state index contributed by atoms with van der Waals surface area (Å²) in [4.78, 5) is 0. The van der Waals surface area contributed by atoms with Crippen LogP contribution >= 0.6 is 23.5 Å². The van der Waals surface area contributed by atoms with Crippen molar-refractivity contribution in [1.29, 1.82) is 5.26 Å². The molecule has 1 heterocycles. The zero-order valence-corrected chi connectivity index (χ0v) is 13.0. The van der Waals surface area contributed by atoms with Crippen molar-refractivity contribution in [2.45, 2.75) is 37.1 Å². The van der Waals surface area contributed by atoms with Crippen molar-refractivity contribution in [3.05, 3.63) is 11.8 Å². The number of rotatable bonds is 3. The standard InChI is InChI=1S/C11H19NOS2Si/c1-11(14-8-5-9-15-11)10(6-7-12)13-16(2,3)4/h6H,5,8-9H2,1-4H3. The van der Waals surface area contributed by atoms with Crippen LogP contribution in [0.25, 0.3) is 0 Å². The molecule has 0 saturated carbocycles. The summed E-state index contributed by atoms with van der Waals surface area (Å²) < 4.78 is 6.00. The second-order valence-corrected chi connectivity index (χ2v) is 12.6. The van der Waals surface area contributed by atoms with Gasteiger partial charge in [0.1, 0.15) is 9.84 Å². The van der Waals surface area contributed by atoms with Gasteiger partial charge in [-0.1, -0.05) is 0 Å². The van der Waals surface area contributed by atoms with E-state index in [1.807, 2.05) is 23.5 Å². The Morgan fingerprint density at radius 2 is 1.94 bits per heavy atom. The van der Waals surface area contributed by atoms with E-state index in [2.05, 4.69) is 32.6 Å². The average molecular weight is 273 g/mol. The van der Waals surface area contributed by atoms with Crippen LogP contribution in [-0.4, -0.2) is 23.9 Å². The van der Waals surface area contributed by atoms with Gasteiger partial charge in [0, 0.05) is 0 Å². The van der Waals surface area contributed by atoms with Crippen LogP contribution < -0.4 is 0 Å². The molecule has 0 radical (unpaired) electrons. The first-order valence-electron chi connectivity index (χ1n) is 5.44. The number of allylic oxidation sites excluding steroid dienone is 1. The molecule has 0 N–H and O–H groups in total. The minimum atomic E-state index is -1.63. The van der Waals surface area contributed by atoms with Crippen molar-refractivity contribution in [3.8, 4) is 6.07 Å². The molecule has 16 heavy (non-hydrogen) atoms. The molecule has 0 spiro atoms. The maximum Gasteiger partial charge on any atom is 0.241 e. The number of thioether (sulfide) groups is 2. The lowest BCUT2D eigenvalue weighted by molar-refractivity contribution is 0.401. The third-order valence-corrected chi connectivity index (χ3v) is 6.13. The van der Waals surface area contributed by atoms with Crippen molar-refractivity contribution in [2.24, 2.45) is 0 Å². The zero-order valence-electron chi connectivity index (χ0n) is 10.4. The molecule has 1 aliphatic heterocycles. The topological polar surface area (TPSA) is 33.0 Å². The monoisotopic (exact) mass is 273 g/mol. The van der Waals surface area contributed by atoms with Crippen LogP contribution in [-0.2, 0) is 4.43 Å². The second kappa shape index (κ2) is 5.52. The summed E-state index contributed by atoms with van der Waals surface area (Å²) in [5, 5.41) is 8.87. The molecule has 1 saturated heterocycles. The molecule has 0 aromatic heterocycles. The fraction of sp³-hybridized carbons (Fsp3) is 0.727. The lowest BCUT2D eigenvalue weighted by atomic mass is 10.3. The molecular formula is C11H19NOS2Si. The quantitative estimate of drug-likeness (QED) is 0.444. The Kier molecular flexibility index (Phi) is 4.83. The molecule has 1 fully saturated rings. The van der Waals surface area contributed by atoms with Gasteiger partial charge >= 0.3 is 0 Å². The number of hydrogen-bond acceptors (Lipinski definition) is 4. The Hall–Kier alpha value is -0.0531. The van der Waals surface area contributed by atoms with Crippen LogP contribution in [0.1, 0.15) is 13.3 Å². The highest BCUT2D eigenvalue weighted by Crippen LogP contribution is 2.47. The minimum absolute atomic E-state index is 0.0612. The molecule has 0 aromatic carbocycles. The van der Waals surface area contributed by atoms with E-state index in [1.165, 1.54) is 6.42 Å². The molecule has 0 unspecified atom stereocenters. The Balaban J connectivity index is 2.85.